The first kappa shape index (κ1) is 22.3. The Morgan fingerprint density at radius 2 is 1.84 bits per heavy atom. The molecule has 1 aliphatic carbocycles. The topological polar surface area (TPSA) is 102 Å². The van der Waals surface area contributed by atoms with Crippen LogP contribution in [0.1, 0.15) is 49.6 Å². The van der Waals surface area contributed by atoms with E-state index < -0.39 is 24.0 Å². The summed E-state index contributed by atoms with van der Waals surface area (Å²) in [6, 6.07) is 9.22. The van der Waals surface area contributed by atoms with Crippen molar-refractivity contribution in [2.24, 2.45) is 0 Å². The second-order valence-electron chi connectivity index (χ2n) is 7.69. The van der Waals surface area contributed by atoms with Crippen LogP contribution in [0.5, 0.6) is 0 Å². The fourth-order valence-electron chi connectivity index (χ4n) is 3.64. The van der Waals surface area contributed by atoms with Gasteiger partial charge in [0, 0.05) is 23.4 Å². The summed E-state index contributed by atoms with van der Waals surface area (Å²) in [5.41, 5.74) is 3.36. The Labute approximate surface area is 181 Å². The minimum Gasteiger partial charge on any atom is -0.449 e. The standard InChI is InChI=1S/C23H28N4O4/c1-15-20(16(2)27(26-15)19-11-5-4-6-12-19)13-14-21(28)31-17(3)22(29)25-23(30)24-18-9-7-8-10-18/h4-6,11-14,17-18H,7-10H2,1-3H3,(H2,24,25,29,30)/b14-13+/t17-/m0/s1. The Morgan fingerprint density at radius 1 is 1.16 bits per heavy atom. The first-order valence-electron chi connectivity index (χ1n) is 10.5. The first-order valence-corrected chi connectivity index (χ1v) is 10.5. The van der Waals surface area contributed by atoms with Crippen LogP contribution in [0, 0.1) is 13.8 Å². The fraction of sp³-hybridized carbons (Fsp3) is 0.391. The monoisotopic (exact) mass is 424 g/mol. The third-order valence-electron chi connectivity index (χ3n) is 5.32. The minimum atomic E-state index is -1.10. The van der Waals surface area contributed by atoms with Gasteiger partial charge in [-0.2, -0.15) is 5.10 Å². The van der Waals surface area contributed by atoms with Crippen molar-refractivity contribution in [1.29, 1.82) is 0 Å². The van der Waals surface area contributed by atoms with Gasteiger partial charge in [-0.05, 0) is 51.8 Å². The molecule has 1 aromatic heterocycles. The number of hydrogen-bond donors (Lipinski definition) is 2. The van der Waals surface area contributed by atoms with E-state index in [0.717, 1.165) is 48.3 Å². The van der Waals surface area contributed by atoms with E-state index in [9.17, 15) is 14.4 Å². The molecule has 0 unspecified atom stereocenters. The Kier molecular flexibility index (Phi) is 7.23. The van der Waals surface area contributed by atoms with Crippen molar-refractivity contribution in [1.82, 2.24) is 20.4 Å². The van der Waals surface area contributed by atoms with Crippen molar-refractivity contribution >= 4 is 24.0 Å². The molecule has 8 heteroatoms. The van der Waals surface area contributed by atoms with Crippen LogP contribution in [0.3, 0.4) is 0 Å². The number of benzene rings is 1. The van der Waals surface area contributed by atoms with E-state index in [1.807, 2.05) is 44.2 Å². The summed E-state index contributed by atoms with van der Waals surface area (Å²) in [6.07, 6.45) is 5.75. The summed E-state index contributed by atoms with van der Waals surface area (Å²) in [5.74, 6) is -1.34. The van der Waals surface area contributed by atoms with Crippen LogP contribution in [0.25, 0.3) is 11.8 Å². The van der Waals surface area contributed by atoms with E-state index in [2.05, 4.69) is 15.7 Å². The second-order valence-corrected chi connectivity index (χ2v) is 7.69. The largest absolute Gasteiger partial charge is 0.449 e. The summed E-state index contributed by atoms with van der Waals surface area (Å²) < 4.78 is 6.94. The smallest absolute Gasteiger partial charge is 0.331 e. The molecule has 1 saturated carbocycles. The SMILES string of the molecule is Cc1nn(-c2ccccc2)c(C)c1/C=C/C(=O)O[C@@H](C)C(=O)NC(=O)NC1CCCC1. The van der Waals surface area contributed by atoms with Crippen LogP contribution in [0.2, 0.25) is 0 Å². The lowest BCUT2D eigenvalue weighted by molar-refractivity contribution is -0.149. The molecule has 2 N–H and O–H groups in total. The summed E-state index contributed by atoms with van der Waals surface area (Å²) in [7, 11) is 0. The Morgan fingerprint density at radius 3 is 2.52 bits per heavy atom. The Balaban J connectivity index is 1.55. The molecule has 1 heterocycles. The van der Waals surface area contributed by atoms with Gasteiger partial charge < -0.3 is 10.1 Å². The Hall–Kier alpha value is -3.42. The maximum absolute atomic E-state index is 12.2. The van der Waals surface area contributed by atoms with E-state index in [0.29, 0.717) is 0 Å². The molecule has 31 heavy (non-hydrogen) atoms. The molecule has 164 valence electrons. The number of aromatic nitrogens is 2. The van der Waals surface area contributed by atoms with Gasteiger partial charge in [0.15, 0.2) is 6.10 Å². The van der Waals surface area contributed by atoms with Gasteiger partial charge in [-0.1, -0.05) is 31.0 Å². The van der Waals surface area contributed by atoms with E-state index in [4.69, 9.17) is 4.74 Å². The predicted molar refractivity (Wildman–Crippen MR) is 117 cm³/mol. The summed E-state index contributed by atoms with van der Waals surface area (Å²) >= 11 is 0. The number of carbonyl (C=O) groups is 3. The molecule has 3 amide bonds. The lowest BCUT2D eigenvalue weighted by atomic mass is 10.2. The fourth-order valence-corrected chi connectivity index (χ4v) is 3.64. The Bertz CT molecular complexity index is 975. The maximum atomic E-state index is 12.2. The lowest BCUT2D eigenvalue weighted by Gasteiger charge is -2.15. The third-order valence-corrected chi connectivity index (χ3v) is 5.32. The molecule has 1 fully saturated rings. The molecule has 0 spiro atoms. The zero-order valence-electron chi connectivity index (χ0n) is 18.1. The van der Waals surface area contributed by atoms with Gasteiger partial charge in [-0.15, -0.1) is 0 Å². The molecule has 1 atom stereocenters. The highest BCUT2D eigenvalue weighted by Gasteiger charge is 2.22. The number of hydrogen-bond acceptors (Lipinski definition) is 5. The molecular formula is C23H28N4O4. The number of nitrogens with zero attached hydrogens (tertiary/aromatic N) is 2. The van der Waals surface area contributed by atoms with Crippen LogP contribution in [-0.4, -0.2) is 39.8 Å². The van der Waals surface area contributed by atoms with Gasteiger partial charge in [0.05, 0.1) is 11.4 Å². The maximum Gasteiger partial charge on any atom is 0.331 e. The highest BCUT2D eigenvalue weighted by molar-refractivity contribution is 5.98. The predicted octanol–water partition coefficient (Wildman–Crippen LogP) is 3.20. The van der Waals surface area contributed by atoms with Crippen LogP contribution in [-0.2, 0) is 14.3 Å². The number of urea groups is 1. The molecule has 8 nitrogen and oxygen atoms in total. The summed E-state index contributed by atoms with van der Waals surface area (Å²) in [5, 5.41) is 9.51. The lowest BCUT2D eigenvalue weighted by Crippen LogP contribution is -2.47. The van der Waals surface area contributed by atoms with Crippen molar-refractivity contribution in [3.63, 3.8) is 0 Å². The minimum absolute atomic E-state index is 0.0943. The van der Waals surface area contributed by atoms with Gasteiger partial charge in [0.1, 0.15) is 0 Å². The number of ether oxygens (including phenoxy) is 1. The number of carbonyl (C=O) groups excluding carboxylic acids is 3. The van der Waals surface area contributed by atoms with Gasteiger partial charge >= 0.3 is 12.0 Å². The van der Waals surface area contributed by atoms with Crippen LogP contribution in [0.4, 0.5) is 4.79 Å². The zero-order chi connectivity index (χ0) is 22.4. The number of esters is 1. The molecular weight excluding hydrogens is 396 g/mol. The van der Waals surface area contributed by atoms with Crippen molar-refractivity contribution in [3.8, 4) is 5.69 Å². The molecule has 0 bridgehead atoms. The highest BCUT2D eigenvalue weighted by atomic mass is 16.5. The van der Waals surface area contributed by atoms with Crippen LogP contribution in [0.15, 0.2) is 36.4 Å². The third kappa shape index (κ3) is 5.81. The number of nitrogens with one attached hydrogen (secondary N) is 2. The molecule has 0 radical (unpaired) electrons. The average Bonchev–Trinajstić information content (AvgIpc) is 3.34. The van der Waals surface area contributed by atoms with E-state index in [-0.39, 0.29) is 6.04 Å². The number of aryl methyl sites for hydroxylation is 1. The van der Waals surface area contributed by atoms with Crippen LogP contribution < -0.4 is 10.6 Å². The average molecular weight is 425 g/mol. The van der Waals surface area contributed by atoms with Gasteiger partial charge in [-0.25, -0.2) is 14.3 Å². The quantitative estimate of drug-likeness (QED) is 0.548. The molecule has 1 aliphatic rings. The van der Waals surface area contributed by atoms with Crippen LogP contribution >= 0.6 is 0 Å². The number of rotatable bonds is 6. The molecule has 2 aromatic rings. The van der Waals surface area contributed by atoms with Crippen molar-refractivity contribution in [2.75, 3.05) is 0 Å². The number of para-hydroxylation sites is 1. The van der Waals surface area contributed by atoms with Crippen molar-refractivity contribution < 1.29 is 19.1 Å². The van der Waals surface area contributed by atoms with Gasteiger partial charge in [0.2, 0.25) is 0 Å². The summed E-state index contributed by atoms with van der Waals surface area (Å²) in [4.78, 5) is 36.2. The molecule has 0 aliphatic heterocycles. The van der Waals surface area contributed by atoms with E-state index in [1.54, 1.807) is 10.8 Å². The normalized spacial score (nSPS) is 15.1. The van der Waals surface area contributed by atoms with E-state index in [1.165, 1.54) is 13.0 Å². The van der Waals surface area contributed by atoms with Crippen molar-refractivity contribution in [3.05, 3.63) is 53.4 Å². The highest BCUT2D eigenvalue weighted by Crippen LogP contribution is 2.19. The molecule has 0 saturated heterocycles. The second kappa shape index (κ2) is 10.1. The van der Waals surface area contributed by atoms with Crippen molar-refractivity contribution in [2.45, 2.75) is 58.6 Å². The zero-order valence-corrected chi connectivity index (χ0v) is 18.1. The van der Waals surface area contributed by atoms with E-state index >= 15 is 0 Å². The number of amides is 3. The number of imide groups is 1. The van der Waals surface area contributed by atoms with Gasteiger partial charge in [-0.3, -0.25) is 10.1 Å². The first-order chi connectivity index (χ1) is 14.8. The molecule has 1 aromatic carbocycles. The molecule has 3 rings (SSSR count). The van der Waals surface area contributed by atoms with Gasteiger partial charge in [0.25, 0.3) is 5.91 Å². The summed E-state index contributed by atoms with van der Waals surface area (Å²) in [6.45, 7) is 5.20.